The average Bonchev–Trinajstić information content (AvgIpc) is 2.20. The number of carbonyl (C=O) groups excluding carboxylic acids is 1. The van der Waals surface area contributed by atoms with E-state index in [-0.39, 0.29) is 5.97 Å². The minimum Gasteiger partial charge on any atom is -0.462 e. The van der Waals surface area contributed by atoms with Gasteiger partial charge >= 0.3 is 5.97 Å². The number of carbonyl (C=O) groups is 1. The van der Waals surface area contributed by atoms with Crippen LogP contribution in [0.25, 0.3) is 0 Å². The molecule has 0 spiro atoms. The van der Waals surface area contributed by atoms with Crippen LogP contribution < -0.4 is 0 Å². The third-order valence-corrected chi connectivity index (χ3v) is 3.44. The highest BCUT2D eigenvalue weighted by Crippen LogP contribution is 2.19. The summed E-state index contributed by atoms with van der Waals surface area (Å²) in [5.41, 5.74) is 0. The van der Waals surface area contributed by atoms with E-state index in [4.69, 9.17) is 4.74 Å². The van der Waals surface area contributed by atoms with Crippen molar-refractivity contribution in [3.63, 3.8) is 0 Å². The summed E-state index contributed by atoms with van der Waals surface area (Å²) in [6.07, 6.45) is 0. The first-order chi connectivity index (χ1) is 6.74. The normalized spacial score (nSPS) is 35.6. The van der Waals surface area contributed by atoms with E-state index in [0.717, 1.165) is 43.8 Å². The van der Waals surface area contributed by atoms with Crippen LogP contribution in [0, 0.1) is 0 Å². The molecule has 0 amide bonds. The van der Waals surface area contributed by atoms with E-state index in [0.29, 0.717) is 13.2 Å². The van der Waals surface area contributed by atoms with Crippen molar-refractivity contribution in [2.45, 2.75) is 6.92 Å². The molecule has 3 saturated heterocycles. The molecule has 0 unspecified atom stereocenters. The van der Waals surface area contributed by atoms with Gasteiger partial charge in [-0.2, -0.15) is 0 Å². The summed E-state index contributed by atoms with van der Waals surface area (Å²) in [6, 6.07) is 0. The monoisotopic (exact) mass is 199 g/mol. The molecule has 0 aromatic heterocycles. The van der Waals surface area contributed by atoms with Crippen LogP contribution in [0.15, 0.2) is 0 Å². The standard InChI is InChI=1S/C10H19N2O2/c1-2-14-10(13)9-12-6-3-11(4-7-12)5-8-12/h2-9H2,1H3/q+1. The van der Waals surface area contributed by atoms with Crippen molar-refractivity contribution in [3.8, 4) is 0 Å². The zero-order chi connectivity index (χ0) is 10.0. The Kier molecular flexibility index (Phi) is 2.74. The summed E-state index contributed by atoms with van der Waals surface area (Å²) in [7, 11) is 0. The Labute approximate surface area is 85.0 Å². The molecule has 0 atom stereocenters. The average molecular weight is 199 g/mol. The lowest BCUT2D eigenvalue weighted by Gasteiger charge is -2.49. The zero-order valence-electron chi connectivity index (χ0n) is 8.87. The molecule has 0 aliphatic carbocycles. The molecule has 4 nitrogen and oxygen atoms in total. The SMILES string of the molecule is CCOC(=O)C[N+]12CCN(CC1)CC2. The first-order valence-corrected chi connectivity index (χ1v) is 5.47. The van der Waals surface area contributed by atoms with Gasteiger partial charge in [0.05, 0.1) is 26.2 Å². The molecule has 0 aromatic rings. The fraction of sp³-hybridized carbons (Fsp3) is 0.900. The van der Waals surface area contributed by atoms with Crippen molar-refractivity contribution < 1.29 is 14.0 Å². The van der Waals surface area contributed by atoms with Crippen molar-refractivity contribution in [1.29, 1.82) is 0 Å². The molecule has 0 saturated carbocycles. The zero-order valence-corrected chi connectivity index (χ0v) is 8.87. The van der Waals surface area contributed by atoms with Crippen LogP contribution in [0.1, 0.15) is 6.92 Å². The number of hydrogen-bond acceptors (Lipinski definition) is 3. The van der Waals surface area contributed by atoms with Crippen molar-refractivity contribution in [2.24, 2.45) is 0 Å². The molecular formula is C10H19N2O2+. The number of esters is 1. The molecular weight excluding hydrogens is 180 g/mol. The first kappa shape index (κ1) is 9.93. The van der Waals surface area contributed by atoms with Crippen LogP contribution in [0.3, 0.4) is 0 Å². The Balaban J connectivity index is 1.91. The van der Waals surface area contributed by atoms with E-state index in [1.165, 1.54) is 0 Å². The second-order valence-corrected chi connectivity index (χ2v) is 4.32. The van der Waals surface area contributed by atoms with Gasteiger partial charge in [0.15, 0.2) is 6.54 Å². The lowest BCUT2D eigenvalue weighted by Crippen LogP contribution is -2.68. The fourth-order valence-corrected chi connectivity index (χ4v) is 2.45. The molecule has 0 radical (unpaired) electrons. The van der Waals surface area contributed by atoms with Gasteiger partial charge < -0.3 is 9.22 Å². The molecule has 0 N–H and O–H groups in total. The molecule has 3 rings (SSSR count). The number of hydrogen-bond donors (Lipinski definition) is 0. The predicted molar refractivity (Wildman–Crippen MR) is 52.8 cm³/mol. The Morgan fingerprint density at radius 3 is 2.36 bits per heavy atom. The van der Waals surface area contributed by atoms with Gasteiger partial charge in [-0.25, -0.2) is 4.79 Å². The minimum atomic E-state index is -0.0251. The summed E-state index contributed by atoms with van der Waals surface area (Å²) < 4.78 is 5.99. The quantitative estimate of drug-likeness (QED) is 0.461. The molecule has 0 aromatic carbocycles. The number of nitrogens with zero attached hydrogens (tertiary/aromatic N) is 2. The van der Waals surface area contributed by atoms with Crippen molar-refractivity contribution in [3.05, 3.63) is 0 Å². The molecule has 80 valence electrons. The predicted octanol–water partition coefficient (Wildman–Crippen LogP) is -0.304. The van der Waals surface area contributed by atoms with E-state index in [1.807, 2.05) is 6.92 Å². The van der Waals surface area contributed by atoms with Crippen LogP contribution in [0.4, 0.5) is 0 Å². The van der Waals surface area contributed by atoms with E-state index in [2.05, 4.69) is 4.90 Å². The summed E-state index contributed by atoms with van der Waals surface area (Å²) in [6.45, 7) is 9.79. The number of piperazine rings is 3. The van der Waals surface area contributed by atoms with Crippen molar-refractivity contribution in [1.82, 2.24) is 4.90 Å². The lowest BCUT2D eigenvalue weighted by molar-refractivity contribution is -0.934. The third-order valence-electron chi connectivity index (χ3n) is 3.44. The van der Waals surface area contributed by atoms with Gasteiger partial charge in [-0.1, -0.05) is 0 Å². The second-order valence-electron chi connectivity index (χ2n) is 4.32. The van der Waals surface area contributed by atoms with E-state index >= 15 is 0 Å². The van der Waals surface area contributed by atoms with Crippen molar-refractivity contribution in [2.75, 3.05) is 52.4 Å². The van der Waals surface area contributed by atoms with Gasteiger partial charge in [-0.3, -0.25) is 4.90 Å². The van der Waals surface area contributed by atoms with Crippen LogP contribution in [0.5, 0.6) is 0 Å². The molecule has 3 aliphatic heterocycles. The highest BCUT2D eigenvalue weighted by Gasteiger charge is 2.40. The van der Waals surface area contributed by atoms with Crippen LogP contribution in [-0.4, -0.2) is 67.8 Å². The highest BCUT2D eigenvalue weighted by molar-refractivity contribution is 5.70. The topological polar surface area (TPSA) is 29.5 Å². The number of rotatable bonds is 3. The Morgan fingerprint density at radius 2 is 1.86 bits per heavy atom. The smallest absolute Gasteiger partial charge is 0.361 e. The van der Waals surface area contributed by atoms with Crippen molar-refractivity contribution >= 4 is 5.97 Å². The van der Waals surface area contributed by atoms with Gasteiger partial charge in [-0.15, -0.1) is 0 Å². The maximum Gasteiger partial charge on any atom is 0.361 e. The van der Waals surface area contributed by atoms with Gasteiger partial charge in [0.1, 0.15) is 0 Å². The number of fused-ring (bicyclic) bond motifs is 3. The number of ether oxygens (including phenoxy) is 1. The fourth-order valence-electron chi connectivity index (χ4n) is 2.45. The molecule has 14 heavy (non-hydrogen) atoms. The summed E-state index contributed by atoms with van der Waals surface area (Å²) in [5, 5.41) is 0. The maximum atomic E-state index is 11.4. The van der Waals surface area contributed by atoms with E-state index in [9.17, 15) is 4.79 Å². The van der Waals surface area contributed by atoms with Crippen LogP contribution in [-0.2, 0) is 9.53 Å². The minimum absolute atomic E-state index is 0.0251. The lowest BCUT2D eigenvalue weighted by atomic mass is 10.1. The second kappa shape index (κ2) is 3.87. The first-order valence-electron chi connectivity index (χ1n) is 5.47. The Hall–Kier alpha value is -0.610. The van der Waals surface area contributed by atoms with Gasteiger partial charge in [0.25, 0.3) is 0 Å². The van der Waals surface area contributed by atoms with Crippen LogP contribution in [0.2, 0.25) is 0 Å². The third kappa shape index (κ3) is 1.91. The molecule has 3 heterocycles. The van der Waals surface area contributed by atoms with Gasteiger partial charge in [0, 0.05) is 19.6 Å². The Bertz CT molecular complexity index is 208. The summed E-state index contributed by atoms with van der Waals surface area (Å²) in [5.74, 6) is -0.0251. The molecule has 4 heteroatoms. The summed E-state index contributed by atoms with van der Waals surface area (Å²) in [4.78, 5) is 13.9. The van der Waals surface area contributed by atoms with Gasteiger partial charge in [0.2, 0.25) is 0 Å². The van der Waals surface area contributed by atoms with E-state index < -0.39 is 0 Å². The molecule has 3 aliphatic rings. The Morgan fingerprint density at radius 1 is 1.29 bits per heavy atom. The molecule has 3 fully saturated rings. The maximum absolute atomic E-state index is 11.4. The highest BCUT2D eigenvalue weighted by atomic mass is 16.5. The van der Waals surface area contributed by atoms with Crippen LogP contribution >= 0.6 is 0 Å². The summed E-state index contributed by atoms with van der Waals surface area (Å²) >= 11 is 0. The van der Waals surface area contributed by atoms with Gasteiger partial charge in [-0.05, 0) is 6.92 Å². The van der Waals surface area contributed by atoms with E-state index in [1.54, 1.807) is 0 Å². The largest absolute Gasteiger partial charge is 0.462 e. The number of quaternary nitrogens is 1. The molecule has 2 bridgehead atoms.